The van der Waals surface area contributed by atoms with Crippen LogP contribution in [0.2, 0.25) is 0 Å². The van der Waals surface area contributed by atoms with Crippen LogP contribution in [0.1, 0.15) is 41.0 Å². The summed E-state index contributed by atoms with van der Waals surface area (Å²) >= 11 is 1.42. The van der Waals surface area contributed by atoms with Crippen LogP contribution in [0, 0.1) is 6.92 Å². The van der Waals surface area contributed by atoms with E-state index >= 15 is 0 Å². The largest absolute Gasteiger partial charge is 0.348 e. The number of nitrogens with one attached hydrogen (secondary N) is 2. The van der Waals surface area contributed by atoms with Gasteiger partial charge in [-0.05, 0) is 32.6 Å². The maximum atomic E-state index is 12.1. The zero-order valence-corrected chi connectivity index (χ0v) is 13.2. The van der Waals surface area contributed by atoms with E-state index in [1.807, 2.05) is 6.92 Å². The molecule has 1 amide bonds. The van der Waals surface area contributed by atoms with Crippen molar-refractivity contribution in [2.75, 3.05) is 0 Å². The van der Waals surface area contributed by atoms with Gasteiger partial charge in [-0.25, -0.2) is 4.98 Å². The van der Waals surface area contributed by atoms with Crippen LogP contribution in [0.3, 0.4) is 0 Å². The highest BCUT2D eigenvalue weighted by atomic mass is 35.5. The predicted octanol–water partition coefficient (Wildman–Crippen LogP) is 2.31. The molecular formula is C12H19Cl2N3OS. The number of aromatic nitrogens is 1. The number of hydrogen-bond acceptors (Lipinski definition) is 4. The Hall–Kier alpha value is -0.360. The lowest BCUT2D eigenvalue weighted by Gasteiger charge is -2.29. The summed E-state index contributed by atoms with van der Waals surface area (Å²) in [5.74, 6) is 0.0521. The monoisotopic (exact) mass is 323 g/mol. The molecule has 3 rings (SSSR count). The van der Waals surface area contributed by atoms with Crippen LogP contribution >= 0.6 is 36.2 Å². The first-order valence-corrected chi connectivity index (χ1v) is 7.07. The highest BCUT2D eigenvalue weighted by molar-refractivity contribution is 7.11. The van der Waals surface area contributed by atoms with E-state index in [9.17, 15) is 4.79 Å². The molecule has 2 saturated heterocycles. The van der Waals surface area contributed by atoms with Gasteiger partial charge in [0, 0.05) is 18.1 Å². The molecule has 2 aliphatic rings. The molecule has 7 heteroatoms. The van der Waals surface area contributed by atoms with Crippen molar-refractivity contribution in [3.63, 3.8) is 0 Å². The van der Waals surface area contributed by atoms with E-state index in [1.165, 1.54) is 24.2 Å². The van der Waals surface area contributed by atoms with Crippen molar-refractivity contribution < 1.29 is 4.79 Å². The van der Waals surface area contributed by atoms with Crippen LogP contribution < -0.4 is 10.6 Å². The number of carbonyl (C=O) groups excluding carboxylic acids is 1. The lowest BCUT2D eigenvalue weighted by Crippen LogP contribution is -2.48. The van der Waals surface area contributed by atoms with E-state index in [-0.39, 0.29) is 30.7 Å². The normalized spacial score (nSPS) is 28.2. The summed E-state index contributed by atoms with van der Waals surface area (Å²) in [5, 5.41) is 6.73. The second-order valence-electron chi connectivity index (χ2n) is 5.05. The number of piperidine rings is 1. The van der Waals surface area contributed by atoms with Gasteiger partial charge in [-0.3, -0.25) is 4.79 Å². The lowest BCUT2D eigenvalue weighted by molar-refractivity contribution is 0.0927. The second kappa shape index (κ2) is 6.88. The number of fused-ring (bicyclic) bond motifs is 2. The third kappa shape index (κ3) is 3.60. The molecule has 3 heterocycles. The lowest BCUT2D eigenvalue weighted by atomic mass is 10.00. The summed E-state index contributed by atoms with van der Waals surface area (Å²) in [7, 11) is 0. The number of thiazole rings is 1. The number of aryl methyl sites for hydroxylation is 1. The molecule has 2 aliphatic heterocycles. The van der Waals surface area contributed by atoms with Crippen molar-refractivity contribution in [3.05, 3.63) is 16.1 Å². The van der Waals surface area contributed by atoms with Crippen LogP contribution in [0.5, 0.6) is 0 Å². The smallest absolute Gasteiger partial charge is 0.263 e. The number of hydrogen-bond donors (Lipinski definition) is 2. The van der Waals surface area contributed by atoms with E-state index in [4.69, 9.17) is 0 Å². The van der Waals surface area contributed by atoms with Crippen LogP contribution in [-0.4, -0.2) is 29.0 Å². The Morgan fingerprint density at radius 1 is 1.37 bits per heavy atom. The molecule has 4 nitrogen and oxygen atoms in total. The van der Waals surface area contributed by atoms with Gasteiger partial charge in [0.2, 0.25) is 0 Å². The maximum absolute atomic E-state index is 12.1. The third-order valence-electron chi connectivity index (χ3n) is 3.76. The maximum Gasteiger partial charge on any atom is 0.263 e. The van der Waals surface area contributed by atoms with Crippen LogP contribution in [0.4, 0.5) is 0 Å². The number of carbonyl (C=O) groups is 1. The molecule has 0 aromatic carbocycles. The molecule has 2 atom stereocenters. The average Bonchev–Trinajstić information content (AvgIpc) is 2.85. The van der Waals surface area contributed by atoms with Gasteiger partial charge < -0.3 is 10.6 Å². The molecule has 2 fully saturated rings. The Morgan fingerprint density at radius 3 is 2.53 bits per heavy atom. The van der Waals surface area contributed by atoms with Gasteiger partial charge in [-0.1, -0.05) is 0 Å². The van der Waals surface area contributed by atoms with Crippen molar-refractivity contribution >= 4 is 42.1 Å². The first-order valence-electron chi connectivity index (χ1n) is 6.19. The second-order valence-corrected chi connectivity index (χ2v) is 5.90. The van der Waals surface area contributed by atoms with Gasteiger partial charge in [-0.15, -0.1) is 36.2 Å². The Morgan fingerprint density at radius 2 is 2.00 bits per heavy atom. The number of nitrogens with zero attached hydrogens (tertiary/aromatic N) is 1. The van der Waals surface area contributed by atoms with Gasteiger partial charge in [0.15, 0.2) is 0 Å². The van der Waals surface area contributed by atoms with E-state index in [2.05, 4.69) is 15.6 Å². The van der Waals surface area contributed by atoms with Crippen molar-refractivity contribution in [2.45, 2.75) is 50.7 Å². The highest BCUT2D eigenvalue weighted by Crippen LogP contribution is 2.27. The molecule has 2 bridgehead atoms. The molecule has 2 N–H and O–H groups in total. The Bertz CT molecular complexity index is 428. The molecule has 2 unspecified atom stereocenters. The summed E-state index contributed by atoms with van der Waals surface area (Å²) in [6.45, 7) is 1.89. The standard InChI is InChI=1S/C12H17N3OS.2ClH/c1-7-11(17-6-13-7)12(16)15-10-4-8-2-3-9(5-10)14-8;;/h6,8-10,14H,2-5H2,1H3,(H,15,16);2*1H. The number of rotatable bonds is 2. The zero-order valence-electron chi connectivity index (χ0n) is 10.7. The molecular weight excluding hydrogens is 305 g/mol. The van der Waals surface area contributed by atoms with Crippen molar-refractivity contribution in [3.8, 4) is 0 Å². The topological polar surface area (TPSA) is 54.0 Å². The number of halogens is 2. The molecule has 19 heavy (non-hydrogen) atoms. The van der Waals surface area contributed by atoms with E-state index in [0.717, 1.165) is 23.4 Å². The van der Waals surface area contributed by atoms with Crippen molar-refractivity contribution in [1.29, 1.82) is 0 Å². The summed E-state index contributed by atoms with van der Waals surface area (Å²) in [4.78, 5) is 16.9. The number of amides is 1. The van der Waals surface area contributed by atoms with Gasteiger partial charge in [0.05, 0.1) is 11.2 Å². The third-order valence-corrected chi connectivity index (χ3v) is 4.69. The summed E-state index contributed by atoms with van der Waals surface area (Å²) in [6.07, 6.45) is 4.66. The first kappa shape index (κ1) is 16.7. The fraction of sp³-hybridized carbons (Fsp3) is 0.667. The average molecular weight is 324 g/mol. The molecule has 0 saturated carbocycles. The zero-order chi connectivity index (χ0) is 11.8. The van der Waals surface area contributed by atoms with E-state index in [1.54, 1.807) is 5.51 Å². The minimum Gasteiger partial charge on any atom is -0.348 e. The predicted molar refractivity (Wildman–Crippen MR) is 81.8 cm³/mol. The Kier molecular flexibility index (Phi) is 6.05. The highest BCUT2D eigenvalue weighted by Gasteiger charge is 2.34. The van der Waals surface area contributed by atoms with Crippen LogP contribution in [-0.2, 0) is 0 Å². The molecule has 0 radical (unpaired) electrons. The van der Waals surface area contributed by atoms with Gasteiger partial charge in [-0.2, -0.15) is 0 Å². The summed E-state index contributed by atoms with van der Waals surface area (Å²) in [6, 6.07) is 1.56. The van der Waals surface area contributed by atoms with Crippen LogP contribution in [0.25, 0.3) is 0 Å². The van der Waals surface area contributed by atoms with Crippen LogP contribution in [0.15, 0.2) is 5.51 Å². The molecule has 108 valence electrons. The van der Waals surface area contributed by atoms with Gasteiger partial charge >= 0.3 is 0 Å². The summed E-state index contributed by atoms with van der Waals surface area (Å²) in [5.41, 5.74) is 2.57. The Balaban J connectivity index is 0.000000902. The minimum absolute atomic E-state index is 0. The molecule has 1 aromatic heterocycles. The van der Waals surface area contributed by atoms with Crippen molar-refractivity contribution in [2.24, 2.45) is 0 Å². The van der Waals surface area contributed by atoms with Crippen molar-refractivity contribution in [1.82, 2.24) is 15.6 Å². The van der Waals surface area contributed by atoms with E-state index < -0.39 is 0 Å². The minimum atomic E-state index is 0. The van der Waals surface area contributed by atoms with E-state index in [0.29, 0.717) is 18.1 Å². The van der Waals surface area contributed by atoms with Gasteiger partial charge in [0.25, 0.3) is 5.91 Å². The fourth-order valence-electron chi connectivity index (χ4n) is 2.95. The SMILES string of the molecule is Cc1ncsc1C(=O)NC1CC2CCC(C1)N2.Cl.Cl. The summed E-state index contributed by atoms with van der Waals surface area (Å²) < 4.78 is 0. The first-order chi connectivity index (χ1) is 8.22. The van der Waals surface area contributed by atoms with Gasteiger partial charge in [0.1, 0.15) is 4.88 Å². The fourth-order valence-corrected chi connectivity index (χ4v) is 3.65. The Labute approximate surface area is 129 Å². The quantitative estimate of drug-likeness (QED) is 0.878. The molecule has 0 spiro atoms. The molecule has 0 aliphatic carbocycles. The molecule has 1 aromatic rings.